The number of hydrogen-bond acceptors (Lipinski definition) is 8. The van der Waals surface area contributed by atoms with E-state index in [0.717, 1.165) is 0 Å². The summed E-state index contributed by atoms with van der Waals surface area (Å²) in [6.07, 6.45) is 0. The maximum atomic E-state index is 14.9. The van der Waals surface area contributed by atoms with Gasteiger partial charge in [0.2, 0.25) is 92.7 Å². The summed E-state index contributed by atoms with van der Waals surface area (Å²) in [6, 6.07) is 0. The number of halogens is 14. The number of nitro groups is 2. The largest absolute Gasteiger partial charge is 0.500 e. The molecule has 0 aliphatic heterocycles. The molecule has 48 heavy (non-hydrogen) atoms. The van der Waals surface area contributed by atoms with E-state index in [9.17, 15) is 91.9 Å². The van der Waals surface area contributed by atoms with Crippen molar-refractivity contribution in [1.29, 1.82) is 0 Å². The Hall–Kier alpha value is -6.10. The summed E-state index contributed by atoms with van der Waals surface area (Å²) in [5.74, 6) is -56.1. The zero-order valence-electron chi connectivity index (χ0n) is 21.5. The van der Waals surface area contributed by atoms with Gasteiger partial charge in [-0.05, 0) is 0 Å². The molecule has 0 saturated carbocycles. The fourth-order valence-corrected chi connectivity index (χ4v) is 3.79. The summed E-state index contributed by atoms with van der Waals surface area (Å²) in [5, 5.41) is 40.2. The van der Waals surface area contributed by atoms with Gasteiger partial charge in [-0.15, -0.1) is 0 Å². The van der Waals surface area contributed by atoms with E-state index < -0.39 is 148 Å². The van der Waals surface area contributed by atoms with Gasteiger partial charge >= 0.3 is 11.4 Å². The summed E-state index contributed by atoms with van der Waals surface area (Å²) >= 11 is 0. The quantitative estimate of drug-likeness (QED) is 0.0846. The zero-order chi connectivity index (χ0) is 36.4. The van der Waals surface area contributed by atoms with Crippen molar-refractivity contribution in [2.45, 2.75) is 0 Å². The predicted octanol–water partition coefficient (Wildman–Crippen LogP) is 8.11. The van der Waals surface area contributed by atoms with Gasteiger partial charge in [0, 0.05) is 0 Å². The van der Waals surface area contributed by atoms with Gasteiger partial charge in [-0.1, -0.05) is 0 Å². The van der Waals surface area contributed by atoms with Gasteiger partial charge in [0.15, 0.2) is 23.3 Å². The van der Waals surface area contributed by atoms with Gasteiger partial charge in [-0.25, -0.2) is 17.6 Å². The molecule has 0 atom stereocenters. The number of phenolic OH excluding ortho intramolecular Hbond substituents is 2. The summed E-state index contributed by atoms with van der Waals surface area (Å²) in [4.78, 5) is 17.6. The minimum Gasteiger partial charge on any atom is -0.500 e. The third-order valence-electron chi connectivity index (χ3n) is 5.93. The van der Waals surface area contributed by atoms with Gasteiger partial charge in [-0.3, -0.25) is 20.2 Å². The van der Waals surface area contributed by atoms with Crippen LogP contribution in [0.15, 0.2) is 0 Å². The Balaban J connectivity index is 1.91. The van der Waals surface area contributed by atoms with Crippen LogP contribution in [0.2, 0.25) is 0 Å². The molecular formula is C24H2F14N2O8. The third kappa shape index (κ3) is 5.00. The van der Waals surface area contributed by atoms with Crippen LogP contribution in [0.25, 0.3) is 11.1 Å². The van der Waals surface area contributed by atoms with Crippen molar-refractivity contribution in [3.05, 3.63) is 102 Å². The second kappa shape index (κ2) is 11.9. The summed E-state index contributed by atoms with van der Waals surface area (Å²) in [6.45, 7) is 0. The van der Waals surface area contributed by atoms with E-state index in [-0.39, 0.29) is 0 Å². The normalized spacial score (nSPS) is 11.2. The topological polar surface area (TPSA) is 145 Å². The molecule has 0 amide bonds. The third-order valence-corrected chi connectivity index (χ3v) is 5.93. The smallest absolute Gasteiger partial charge is 0.352 e. The van der Waals surface area contributed by atoms with E-state index in [2.05, 4.69) is 9.47 Å². The first-order chi connectivity index (χ1) is 22.2. The van der Waals surface area contributed by atoms with Crippen LogP contribution in [0.3, 0.4) is 0 Å². The number of benzene rings is 4. The minimum absolute atomic E-state index is 1.88. The second-order valence-electron chi connectivity index (χ2n) is 8.58. The molecule has 4 aromatic rings. The van der Waals surface area contributed by atoms with Gasteiger partial charge in [0.05, 0.1) is 21.0 Å². The number of nitrogens with zero attached hydrogens (tertiary/aromatic N) is 2. The molecular weight excluding hydrogens is 710 g/mol. The Morgan fingerprint density at radius 3 is 0.812 bits per heavy atom. The van der Waals surface area contributed by atoms with Crippen molar-refractivity contribution in [2.24, 2.45) is 0 Å². The first kappa shape index (κ1) is 34.8. The van der Waals surface area contributed by atoms with Crippen LogP contribution in [0.5, 0.6) is 34.5 Å². The van der Waals surface area contributed by atoms with E-state index in [4.69, 9.17) is 0 Å². The molecule has 254 valence electrons. The second-order valence-corrected chi connectivity index (χ2v) is 8.58. The van der Waals surface area contributed by atoms with Gasteiger partial charge in [0.25, 0.3) is 0 Å². The molecule has 0 spiro atoms. The van der Waals surface area contributed by atoms with Crippen LogP contribution >= 0.6 is 0 Å². The molecule has 2 N–H and O–H groups in total. The molecule has 10 nitrogen and oxygen atoms in total. The highest BCUT2D eigenvalue weighted by Gasteiger charge is 2.40. The number of nitro benzene ring substituents is 2. The van der Waals surface area contributed by atoms with E-state index in [1.54, 1.807) is 0 Å². The van der Waals surface area contributed by atoms with E-state index in [1.165, 1.54) is 0 Å². The van der Waals surface area contributed by atoms with Gasteiger partial charge < -0.3 is 19.7 Å². The van der Waals surface area contributed by atoms with Crippen LogP contribution in [-0.4, -0.2) is 20.1 Å². The fourth-order valence-electron chi connectivity index (χ4n) is 3.79. The Morgan fingerprint density at radius 1 is 0.375 bits per heavy atom. The number of aromatic hydroxyl groups is 2. The lowest BCUT2D eigenvalue weighted by Gasteiger charge is -2.17. The molecule has 0 heterocycles. The lowest BCUT2D eigenvalue weighted by atomic mass is 10.0. The van der Waals surface area contributed by atoms with Crippen molar-refractivity contribution in [2.75, 3.05) is 0 Å². The van der Waals surface area contributed by atoms with E-state index in [1.807, 2.05) is 0 Å². The molecule has 24 heteroatoms. The summed E-state index contributed by atoms with van der Waals surface area (Å²) in [7, 11) is 0. The Labute approximate surface area is 250 Å². The monoisotopic (exact) mass is 712 g/mol. The standard InChI is InChI=1S/C24H2F14N2O8/c25-3-1(4(26)10(32)21(9(3)31)47-23-13(35)7(29)17(39(43)44)19(41)15(23)37)2-5(27)11(33)22(12(34)6(2)28)48-24-14(36)8(30)18(40(45)46)20(42)16(24)38/h41-42H. The average Bonchev–Trinajstić information content (AvgIpc) is 3.01. The number of hydrogen-bond donors (Lipinski definition) is 2. The lowest BCUT2D eigenvalue weighted by Crippen LogP contribution is -2.11. The highest BCUT2D eigenvalue weighted by atomic mass is 19.2. The van der Waals surface area contributed by atoms with Crippen molar-refractivity contribution >= 4 is 11.4 Å². The molecule has 4 aromatic carbocycles. The maximum absolute atomic E-state index is 14.9. The molecule has 0 aromatic heterocycles. The van der Waals surface area contributed by atoms with Gasteiger partial charge in [0.1, 0.15) is 0 Å². The highest BCUT2D eigenvalue weighted by molar-refractivity contribution is 5.70. The summed E-state index contributed by atoms with van der Waals surface area (Å²) < 4.78 is 211. The SMILES string of the molecule is O=[N+]([O-])c1c(O)c(F)c(Oc2c(F)c(F)c(-c3c(F)c(F)c(Oc4c(F)c(O)c([N+](=O)[O-])c(F)c4F)c(F)c3F)c(F)c2F)c(F)c1F. The van der Waals surface area contributed by atoms with Crippen LogP contribution in [-0.2, 0) is 0 Å². The lowest BCUT2D eigenvalue weighted by molar-refractivity contribution is -0.389. The average molecular weight is 712 g/mol. The first-order valence-electron chi connectivity index (χ1n) is 11.3. The highest BCUT2D eigenvalue weighted by Crippen LogP contribution is 2.47. The van der Waals surface area contributed by atoms with Crippen LogP contribution < -0.4 is 9.47 Å². The molecule has 0 saturated heterocycles. The zero-order valence-corrected chi connectivity index (χ0v) is 21.5. The Kier molecular flexibility index (Phi) is 8.64. The Bertz CT molecular complexity index is 1860. The van der Waals surface area contributed by atoms with Crippen molar-refractivity contribution in [3.63, 3.8) is 0 Å². The van der Waals surface area contributed by atoms with E-state index in [0.29, 0.717) is 0 Å². The molecule has 0 unspecified atom stereocenters. The molecule has 0 radical (unpaired) electrons. The summed E-state index contributed by atoms with van der Waals surface area (Å²) in [5.41, 5.74) is -10.00. The molecule has 0 bridgehead atoms. The number of ether oxygens (including phenoxy) is 2. The van der Waals surface area contributed by atoms with E-state index >= 15 is 0 Å². The molecule has 4 rings (SSSR count). The molecule has 0 fully saturated rings. The fraction of sp³-hybridized carbons (Fsp3) is 0. The van der Waals surface area contributed by atoms with Crippen molar-refractivity contribution in [1.82, 2.24) is 0 Å². The number of phenols is 2. The van der Waals surface area contributed by atoms with Gasteiger partial charge in [-0.2, -0.15) is 43.9 Å². The van der Waals surface area contributed by atoms with Crippen LogP contribution in [0, 0.1) is 102 Å². The first-order valence-corrected chi connectivity index (χ1v) is 11.3. The molecule has 0 aliphatic carbocycles. The van der Waals surface area contributed by atoms with Crippen molar-refractivity contribution < 1.29 is 91.0 Å². The predicted molar refractivity (Wildman–Crippen MR) is 121 cm³/mol. The Morgan fingerprint density at radius 2 is 0.583 bits per heavy atom. The minimum atomic E-state index is -3.10. The number of rotatable bonds is 7. The van der Waals surface area contributed by atoms with Crippen LogP contribution in [0.1, 0.15) is 0 Å². The van der Waals surface area contributed by atoms with Crippen molar-refractivity contribution in [3.8, 4) is 45.6 Å². The molecule has 0 aliphatic rings. The maximum Gasteiger partial charge on any atom is 0.352 e. The van der Waals surface area contributed by atoms with Crippen LogP contribution in [0.4, 0.5) is 72.8 Å².